The van der Waals surface area contributed by atoms with Gasteiger partial charge < -0.3 is 0 Å². The zero-order valence-electron chi connectivity index (χ0n) is 6.82. The van der Waals surface area contributed by atoms with Crippen LogP contribution in [0.3, 0.4) is 0 Å². The van der Waals surface area contributed by atoms with Crippen molar-refractivity contribution in [3.63, 3.8) is 0 Å². The van der Waals surface area contributed by atoms with Gasteiger partial charge in [-0.1, -0.05) is 12.7 Å². The monoisotopic (exact) mass is 186 g/mol. The number of rotatable bonds is 1. The Hall–Kier alpha value is -1.66. The summed E-state index contributed by atoms with van der Waals surface area (Å²) in [6.07, 6.45) is 3.38. The molecule has 62 valence electrons. The minimum Gasteiger partial charge on any atom is -0.244 e. The summed E-state index contributed by atoms with van der Waals surface area (Å²) >= 11 is 1.58. The van der Waals surface area contributed by atoms with Crippen molar-refractivity contribution in [2.24, 2.45) is 0 Å². The van der Waals surface area contributed by atoms with Crippen LogP contribution in [0.1, 0.15) is 10.4 Å². The number of hydrogen-bond donors (Lipinski definition) is 0. The summed E-state index contributed by atoms with van der Waals surface area (Å²) in [7, 11) is 0. The Balaban J connectivity index is 2.72. The Morgan fingerprint density at radius 3 is 3.08 bits per heavy atom. The Kier molecular flexibility index (Phi) is 1.84. The zero-order chi connectivity index (χ0) is 9.26. The van der Waals surface area contributed by atoms with E-state index in [4.69, 9.17) is 5.26 Å². The van der Waals surface area contributed by atoms with Gasteiger partial charge in [0.15, 0.2) is 0 Å². The van der Waals surface area contributed by atoms with Crippen LogP contribution in [-0.2, 0) is 0 Å². The Morgan fingerprint density at radius 1 is 1.54 bits per heavy atom. The summed E-state index contributed by atoms with van der Waals surface area (Å²) in [6, 6.07) is 5.89. The summed E-state index contributed by atoms with van der Waals surface area (Å²) in [4.78, 5) is 6.20. The van der Waals surface area contributed by atoms with Crippen molar-refractivity contribution in [2.75, 3.05) is 0 Å². The summed E-state index contributed by atoms with van der Waals surface area (Å²) in [6.45, 7) is 3.69. The van der Waals surface area contributed by atoms with Gasteiger partial charge in [-0.2, -0.15) is 5.26 Å². The Labute approximate surface area is 79.8 Å². The van der Waals surface area contributed by atoms with E-state index in [9.17, 15) is 0 Å². The van der Waals surface area contributed by atoms with Crippen molar-refractivity contribution in [3.8, 4) is 6.07 Å². The second kappa shape index (κ2) is 3.00. The normalized spacial score (nSPS) is 9.77. The molecule has 0 aliphatic carbocycles. The quantitative estimate of drug-likeness (QED) is 0.686. The lowest BCUT2D eigenvalue weighted by molar-refractivity contribution is 1.39. The van der Waals surface area contributed by atoms with Crippen LogP contribution in [0.2, 0.25) is 0 Å². The summed E-state index contributed by atoms with van der Waals surface area (Å²) in [5.74, 6) is 0. The lowest BCUT2D eigenvalue weighted by Gasteiger charge is -1.87. The molecule has 2 aromatic heterocycles. The van der Waals surface area contributed by atoms with E-state index in [2.05, 4.69) is 17.6 Å². The molecule has 13 heavy (non-hydrogen) atoms. The first-order valence-electron chi connectivity index (χ1n) is 3.75. The van der Waals surface area contributed by atoms with E-state index in [0.29, 0.717) is 5.56 Å². The van der Waals surface area contributed by atoms with Crippen LogP contribution in [-0.4, -0.2) is 4.98 Å². The standard InChI is InChI=1S/C10H6N2S/c1-2-9-4-8-3-7(5-11)6-12-10(8)13-9/h2-4,6H,1H2. The molecule has 0 amide bonds. The average Bonchev–Trinajstić information content (AvgIpc) is 2.58. The van der Waals surface area contributed by atoms with Crippen molar-refractivity contribution < 1.29 is 0 Å². The molecule has 0 spiro atoms. The van der Waals surface area contributed by atoms with Gasteiger partial charge in [-0.25, -0.2) is 4.98 Å². The lowest BCUT2D eigenvalue weighted by atomic mass is 10.2. The third kappa shape index (κ3) is 1.32. The number of hydrogen-bond acceptors (Lipinski definition) is 3. The van der Waals surface area contributed by atoms with Gasteiger partial charge in [-0.3, -0.25) is 0 Å². The third-order valence-electron chi connectivity index (χ3n) is 1.72. The first kappa shape index (κ1) is 7.96. The van der Waals surface area contributed by atoms with Crippen LogP contribution in [0.15, 0.2) is 24.9 Å². The highest BCUT2D eigenvalue weighted by atomic mass is 32.1. The highest BCUT2D eigenvalue weighted by molar-refractivity contribution is 7.19. The van der Waals surface area contributed by atoms with Crippen molar-refractivity contribution in [1.82, 2.24) is 4.98 Å². The average molecular weight is 186 g/mol. The molecule has 0 radical (unpaired) electrons. The molecule has 0 aliphatic heterocycles. The topological polar surface area (TPSA) is 36.7 Å². The zero-order valence-corrected chi connectivity index (χ0v) is 7.64. The van der Waals surface area contributed by atoms with E-state index < -0.39 is 0 Å². The molecular formula is C10H6N2S. The van der Waals surface area contributed by atoms with Gasteiger partial charge in [0, 0.05) is 16.5 Å². The van der Waals surface area contributed by atoms with Gasteiger partial charge in [0.05, 0.1) is 5.56 Å². The summed E-state index contributed by atoms with van der Waals surface area (Å²) in [5, 5.41) is 9.67. The van der Waals surface area contributed by atoms with E-state index in [1.165, 1.54) is 0 Å². The van der Waals surface area contributed by atoms with E-state index in [0.717, 1.165) is 15.1 Å². The van der Waals surface area contributed by atoms with Crippen molar-refractivity contribution in [1.29, 1.82) is 5.26 Å². The smallest absolute Gasteiger partial charge is 0.123 e. The molecule has 0 aliphatic rings. The maximum Gasteiger partial charge on any atom is 0.123 e. The fourth-order valence-electron chi connectivity index (χ4n) is 1.11. The largest absolute Gasteiger partial charge is 0.244 e. The SMILES string of the molecule is C=Cc1cc2cc(C#N)cnc2s1. The van der Waals surface area contributed by atoms with Crippen LogP contribution in [0.4, 0.5) is 0 Å². The fraction of sp³-hybridized carbons (Fsp3) is 0. The molecule has 0 unspecified atom stereocenters. The highest BCUT2D eigenvalue weighted by Gasteiger charge is 2.00. The van der Waals surface area contributed by atoms with Gasteiger partial charge in [-0.05, 0) is 12.1 Å². The molecule has 0 aromatic carbocycles. The molecule has 0 fully saturated rings. The van der Waals surface area contributed by atoms with Gasteiger partial charge in [0.1, 0.15) is 10.9 Å². The third-order valence-corrected chi connectivity index (χ3v) is 2.78. The molecule has 3 heteroatoms. The van der Waals surface area contributed by atoms with Crippen molar-refractivity contribution in [3.05, 3.63) is 35.3 Å². The maximum absolute atomic E-state index is 8.65. The fourth-order valence-corrected chi connectivity index (χ4v) is 1.95. The van der Waals surface area contributed by atoms with Gasteiger partial charge in [-0.15, -0.1) is 11.3 Å². The predicted octanol–water partition coefficient (Wildman–Crippen LogP) is 2.81. The molecule has 0 atom stereocenters. The van der Waals surface area contributed by atoms with Crippen LogP contribution in [0, 0.1) is 11.3 Å². The predicted molar refractivity (Wildman–Crippen MR) is 54.4 cm³/mol. The molecule has 0 saturated carbocycles. The van der Waals surface area contributed by atoms with Gasteiger partial charge >= 0.3 is 0 Å². The number of nitrogens with zero attached hydrogens (tertiary/aromatic N) is 2. The minimum atomic E-state index is 0.598. The van der Waals surface area contributed by atoms with E-state index >= 15 is 0 Å². The van der Waals surface area contributed by atoms with E-state index in [-0.39, 0.29) is 0 Å². The van der Waals surface area contributed by atoms with E-state index in [1.807, 2.05) is 12.1 Å². The Bertz CT molecular complexity index is 505. The van der Waals surface area contributed by atoms with Crippen molar-refractivity contribution >= 4 is 27.6 Å². The molecule has 2 aromatic rings. The number of aromatic nitrogens is 1. The summed E-state index contributed by atoms with van der Waals surface area (Å²) in [5.41, 5.74) is 0.598. The van der Waals surface area contributed by atoms with Crippen LogP contribution < -0.4 is 0 Å². The lowest BCUT2D eigenvalue weighted by Crippen LogP contribution is -1.75. The van der Waals surface area contributed by atoms with Crippen LogP contribution in [0.25, 0.3) is 16.3 Å². The van der Waals surface area contributed by atoms with Gasteiger partial charge in [0.2, 0.25) is 0 Å². The van der Waals surface area contributed by atoms with E-state index in [1.54, 1.807) is 23.6 Å². The molecule has 0 bridgehead atoms. The van der Waals surface area contributed by atoms with Crippen LogP contribution >= 0.6 is 11.3 Å². The van der Waals surface area contributed by atoms with Crippen molar-refractivity contribution in [2.45, 2.75) is 0 Å². The highest BCUT2D eigenvalue weighted by Crippen LogP contribution is 2.24. The molecular weight excluding hydrogens is 180 g/mol. The first-order chi connectivity index (χ1) is 6.33. The number of fused-ring (bicyclic) bond motifs is 1. The first-order valence-corrected chi connectivity index (χ1v) is 4.57. The molecule has 2 heterocycles. The molecule has 0 N–H and O–H groups in total. The Morgan fingerprint density at radius 2 is 2.38 bits per heavy atom. The molecule has 2 rings (SSSR count). The number of nitriles is 1. The summed E-state index contributed by atoms with van der Waals surface area (Å²) < 4.78 is 0. The molecule has 0 saturated heterocycles. The number of pyridine rings is 1. The van der Waals surface area contributed by atoms with Gasteiger partial charge in [0.25, 0.3) is 0 Å². The second-order valence-corrected chi connectivity index (χ2v) is 3.65. The number of thiophene rings is 1. The molecule has 2 nitrogen and oxygen atoms in total. The second-order valence-electron chi connectivity index (χ2n) is 2.58. The van der Waals surface area contributed by atoms with Crippen LogP contribution in [0.5, 0.6) is 0 Å². The maximum atomic E-state index is 8.65. The minimum absolute atomic E-state index is 0.598.